The first-order valence-electron chi connectivity index (χ1n) is 6.84. The molecule has 1 fully saturated rings. The van der Waals surface area contributed by atoms with E-state index in [1.165, 1.54) is 4.31 Å². The van der Waals surface area contributed by atoms with E-state index in [1.54, 1.807) is 11.8 Å². The number of nitrogens with one attached hydrogen (secondary N) is 1. The molecule has 0 spiro atoms. The number of piperidine rings is 1. The molecule has 0 unspecified atom stereocenters. The first-order chi connectivity index (χ1) is 9.93. The standard InChI is InChI=1S/C14H20N2O3S2/c1-20-13-9-4-3-7-11(13)15-14(17)12-8-5-6-10-16(12)21(2,18)19/h3-4,7,9,12H,5-6,8,10H2,1-2H3,(H,15,17)/t12-/m1/s1. The number of hydrogen-bond donors (Lipinski definition) is 1. The van der Waals surface area contributed by atoms with Crippen LogP contribution in [0.1, 0.15) is 19.3 Å². The van der Waals surface area contributed by atoms with Crippen molar-refractivity contribution < 1.29 is 13.2 Å². The molecule has 1 atom stereocenters. The van der Waals surface area contributed by atoms with E-state index in [2.05, 4.69) is 5.32 Å². The van der Waals surface area contributed by atoms with Gasteiger partial charge in [0.15, 0.2) is 0 Å². The van der Waals surface area contributed by atoms with Gasteiger partial charge in [0.25, 0.3) is 0 Å². The number of thioether (sulfide) groups is 1. The van der Waals surface area contributed by atoms with Crippen molar-refractivity contribution in [1.29, 1.82) is 0 Å². The Labute approximate surface area is 130 Å². The predicted molar refractivity (Wildman–Crippen MR) is 86.0 cm³/mol. The first kappa shape index (κ1) is 16.3. The molecule has 2 rings (SSSR count). The number of rotatable bonds is 4. The first-order valence-corrected chi connectivity index (χ1v) is 9.91. The molecule has 7 heteroatoms. The molecule has 0 aromatic heterocycles. The van der Waals surface area contributed by atoms with Gasteiger partial charge in [0.05, 0.1) is 11.9 Å². The van der Waals surface area contributed by atoms with Crippen molar-refractivity contribution in [3.63, 3.8) is 0 Å². The predicted octanol–water partition coefficient (Wildman–Crippen LogP) is 2.16. The van der Waals surface area contributed by atoms with Crippen molar-refractivity contribution >= 4 is 33.4 Å². The van der Waals surface area contributed by atoms with E-state index >= 15 is 0 Å². The van der Waals surface area contributed by atoms with Crippen LogP contribution in [0.4, 0.5) is 5.69 Å². The molecule has 0 saturated carbocycles. The largest absolute Gasteiger partial charge is 0.324 e. The van der Waals surface area contributed by atoms with Crippen molar-refractivity contribution in [2.45, 2.75) is 30.2 Å². The molecule has 1 aliphatic rings. The molecule has 1 heterocycles. The highest BCUT2D eigenvalue weighted by atomic mass is 32.2. The summed E-state index contributed by atoms with van der Waals surface area (Å²) < 4.78 is 25.0. The van der Waals surface area contributed by atoms with Gasteiger partial charge in [-0.2, -0.15) is 4.31 Å². The third-order valence-electron chi connectivity index (χ3n) is 3.55. The van der Waals surface area contributed by atoms with Crippen LogP contribution in [0.5, 0.6) is 0 Å². The topological polar surface area (TPSA) is 66.5 Å². The summed E-state index contributed by atoms with van der Waals surface area (Å²) >= 11 is 1.54. The van der Waals surface area contributed by atoms with Crippen LogP contribution in [-0.4, -0.2) is 43.7 Å². The van der Waals surface area contributed by atoms with Crippen LogP contribution in [0.15, 0.2) is 29.2 Å². The number of amides is 1. The number of nitrogens with zero attached hydrogens (tertiary/aromatic N) is 1. The van der Waals surface area contributed by atoms with Crippen LogP contribution in [0.3, 0.4) is 0 Å². The molecule has 1 aromatic rings. The van der Waals surface area contributed by atoms with E-state index in [-0.39, 0.29) is 5.91 Å². The highest BCUT2D eigenvalue weighted by Gasteiger charge is 2.34. The number of benzene rings is 1. The van der Waals surface area contributed by atoms with Crippen molar-refractivity contribution in [1.82, 2.24) is 4.31 Å². The van der Waals surface area contributed by atoms with Crippen LogP contribution in [0.25, 0.3) is 0 Å². The molecule has 1 aliphatic heterocycles. The minimum Gasteiger partial charge on any atom is -0.324 e. The number of hydrogen-bond acceptors (Lipinski definition) is 4. The second-order valence-electron chi connectivity index (χ2n) is 5.07. The summed E-state index contributed by atoms with van der Waals surface area (Å²) in [5.41, 5.74) is 0.731. The Kier molecular flexibility index (Phi) is 5.29. The van der Waals surface area contributed by atoms with E-state index in [4.69, 9.17) is 0 Å². The summed E-state index contributed by atoms with van der Waals surface area (Å²) in [5.74, 6) is -0.248. The number of sulfonamides is 1. The molecule has 116 valence electrons. The van der Waals surface area contributed by atoms with E-state index < -0.39 is 16.1 Å². The van der Waals surface area contributed by atoms with Gasteiger partial charge in [0.1, 0.15) is 6.04 Å². The Bertz CT molecular complexity index is 616. The fourth-order valence-electron chi connectivity index (χ4n) is 2.53. The molecule has 0 bridgehead atoms. The Morgan fingerprint density at radius 2 is 2.05 bits per heavy atom. The van der Waals surface area contributed by atoms with Gasteiger partial charge in [-0.25, -0.2) is 8.42 Å². The number of carbonyl (C=O) groups is 1. The van der Waals surface area contributed by atoms with E-state index in [1.807, 2.05) is 30.5 Å². The smallest absolute Gasteiger partial charge is 0.242 e. The van der Waals surface area contributed by atoms with E-state index in [0.717, 1.165) is 29.7 Å². The number of carbonyl (C=O) groups excluding carboxylic acids is 1. The molecule has 0 aliphatic carbocycles. The fourth-order valence-corrected chi connectivity index (χ4v) is 4.21. The van der Waals surface area contributed by atoms with Gasteiger partial charge in [-0.3, -0.25) is 4.79 Å². The molecular weight excluding hydrogens is 308 g/mol. The van der Waals surface area contributed by atoms with Gasteiger partial charge in [0.2, 0.25) is 15.9 Å². The third kappa shape index (κ3) is 3.99. The summed E-state index contributed by atoms with van der Waals surface area (Å²) in [4.78, 5) is 13.4. The summed E-state index contributed by atoms with van der Waals surface area (Å²) in [5, 5.41) is 2.87. The Morgan fingerprint density at radius 1 is 1.33 bits per heavy atom. The van der Waals surface area contributed by atoms with Crippen LogP contribution in [0, 0.1) is 0 Å². The average molecular weight is 328 g/mol. The molecule has 0 radical (unpaired) electrons. The van der Waals surface area contributed by atoms with E-state index in [9.17, 15) is 13.2 Å². The second-order valence-corrected chi connectivity index (χ2v) is 7.86. The summed E-state index contributed by atoms with van der Waals surface area (Å²) in [6, 6.07) is 6.91. The molecule has 1 saturated heterocycles. The van der Waals surface area contributed by atoms with Crippen molar-refractivity contribution in [2.24, 2.45) is 0 Å². The molecule has 21 heavy (non-hydrogen) atoms. The Balaban J connectivity index is 2.18. The zero-order valence-corrected chi connectivity index (χ0v) is 13.8. The lowest BCUT2D eigenvalue weighted by molar-refractivity contribution is -0.120. The lowest BCUT2D eigenvalue weighted by Crippen LogP contribution is -2.49. The molecular formula is C14H20N2O3S2. The van der Waals surface area contributed by atoms with Gasteiger partial charge in [-0.15, -0.1) is 11.8 Å². The molecule has 5 nitrogen and oxygen atoms in total. The minimum absolute atomic E-state index is 0.248. The highest BCUT2D eigenvalue weighted by molar-refractivity contribution is 7.98. The van der Waals surface area contributed by atoms with Crippen LogP contribution >= 0.6 is 11.8 Å². The van der Waals surface area contributed by atoms with E-state index in [0.29, 0.717) is 13.0 Å². The fraction of sp³-hybridized carbons (Fsp3) is 0.500. The molecule has 1 aromatic carbocycles. The van der Waals surface area contributed by atoms with Crippen molar-refractivity contribution in [2.75, 3.05) is 24.4 Å². The third-order valence-corrected chi connectivity index (χ3v) is 5.63. The maximum atomic E-state index is 12.5. The van der Waals surface area contributed by atoms with Gasteiger partial charge >= 0.3 is 0 Å². The zero-order chi connectivity index (χ0) is 15.5. The van der Waals surface area contributed by atoms with Crippen LogP contribution < -0.4 is 5.32 Å². The average Bonchev–Trinajstić information content (AvgIpc) is 2.47. The lowest BCUT2D eigenvalue weighted by Gasteiger charge is -2.32. The number of anilines is 1. The summed E-state index contributed by atoms with van der Waals surface area (Å²) in [7, 11) is -3.36. The summed E-state index contributed by atoms with van der Waals surface area (Å²) in [6.45, 7) is 0.418. The van der Waals surface area contributed by atoms with Crippen molar-refractivity contribution in [3.05, 3.63) is 24.3 Å². The quantitative estimate of drug-likeness (QED) is 0.860. The van der Waals surface area contributed by atoms with Crippen molar-refractivity contribution in [3.8, 4) is 0 Å². The monoisotopic (exact) mass is 328 g/mol. The normalized spacial score (nSPS) is 20.2. The van der Waals surface area contributed by atoms with Gasteiger partial charge in [-0.1, -0.05) is 18.6 Å². The molecule has 1 amide bonds. The van der Waals surface area contributed by atoms with Gasteiger partial charge in [-0.05, 0) is 31.2 Å². The molecule has 1 N–H and O–H groups in total. The van der Waals surface area contributed by atoms with Gasteiger partial charge < -0.3 is 5.32 Å². The van der Waals surface area contributed by atoms with Crippen LogP contribution in [0.2, 0.25) is 0 Å². The minimum atomic E-state index is -3.36. The van der Waals surface area contributed by atoms with Gasteiger partial charge in [0, 0.05) is 11.4 Å². The lowest BCUT2D eigenvalue weighted by atomic mass is 10.0. The number of para-hydroxylation sites is 1. The Hall–Kier alpha value is -1.05. The zero-order valence-electron chi connectivity index (χ0n) is 12.2. The highest BCUT2D eigenvalue weighted by Crippen LogP contribution is 2.26. The SMILES string of the molecule is CSc1ccccc1NC(=O)[C@H]1CCCCN1S(C)(=O)=O. The maximum Gasteiger partial charge on any atom is 0.242 e. The van der Waals surface area contributed by atoms with Crippen LogP contribution in [-0.2, 0) is 14.8 Å². The Morgan fingerprint density at radius 3 is 2.71 bits per heavy atom. The summed E-state index contributed by atoms with van der Waals surface area (Å²) in [6.07, 6.45) is 5.34. The second kappa shape index (κ2) is 6.81. The maximum absolute atomic E-state index is 12.5.